The molecular formula is C25H25N3O4. The molecule has 1 spiro atoms. The van der Waals surface area contributed by atoms with Gasteiger partial charge in [0.1, 0.15) is 11.3 Å². The van der Waals surface area contributed by atoms with Gasteiger partial charge >= 0.3 is 0 Å². The molecule has 32 heavy (non-hydrogen) atoms. The second-order valence-electron chi connectivity index (χ2n) is 9.32. The lowest BCUT2D eigenvalue weighted by molar-refractivity contribution is -0.135. The summed E-state index contributed by atoms with van der Waals surface area (Å²) in [6, 6.07) is 11.0. The molecule has 7 heteroatoms. The molecule has 0 unspecified atom stereocenters. The van der Waals surface area contributed by atoms with Gasteiger partial charge in [0.05, 0.1) is 24.6 Å². The number of carbonyl (C=O) groups is 3. The first-order chi connectivity index (χ1) is 15.4. The quantitative estimate of drug-likeness (QED) is 0.740. The van der Waals surface area contributed by atoms with Gasteiger partial charge in [-0.1, -0.05) is 6.07 Å². The van der Waals surface area contributed by atoms with Crippen molar-refractivity contribution >= 4 is 29.1 Å². The summed E-state index contributed by atoms with van der Waals surface area (Å²) in [4.78, 5) is 44.8. The van der Waals surface area contributed by atoms with Crippen LogP contribution in [0.25, 0.3) is 0 Å². The molecule has 0 bridgehead atoms. The number of nitrogens with zero attached hydrogens (tertiary/aromatic N) is 2. The van der Waals surface area contributed by atoms with E-state index in [2.05, 4.69) is 10.2 Å². The lowest BCUT2D eigenvalue weighted by Crippen LogP contribution is -2.54. The molecule has 6 rings (SSSR count). The number of nitrogens with one attached hydrogen (secondary N) is 1. The number of ether oxygens (including phenoxy) is 1. The number of anilines is 2. The van der Waals surface area contributed by atoms with Crippen molar-refractivity contribution in [3.05, 3.63) is 53.1 Å². The molecule has 4 atom stereocenters. The number of rotatable bonds is 2. The maximum absolute atomic E-state index is 14.0. The predicted octanol–water partition coefficient (Wildman–Crippen LogP) is 2.74. The Morgan fingerprint density at radius 1 is 1.03 bits per heavy atom. The maximum Gasteiger partial charge on any atom is 0.250 e. The average Bonchev–Trinajstić information content (AvgIpc) is 3.48. The first-order valence-electron chi connectivity index (χ1n) is 11.1. The molecule has 2 aromatic carbocycles. The number of fused-ring (bicyclic) bond motifs is 7. The third-order valence-electron chi connectivity index (χ3n) is 7.95. The Hall–Kier alpha value is -3.19. The molecule has 164 valence electrons. The van der Waals surface area contributed by atoms with E-state index in [1.165, 1.54) is 4.90 Å². The van der Waals surface area contributed by atoms with E-state index in [-0.39, 0.29) is 23.8 Å². The molecule has 0 radical (unpaired) electrons. The summed E-state index contributed by atoms with van der Waals surface area (Å²) in [5.41, 5.74) is 2.95. The molecule has 4 aliphatic heterocycles. The highest BCUT2D eigenvalue weighted by atomic mass is 16.5. The van der Waals surface area contributed by atoms with E-state index < -0.39 is 17.4 Å². The van der Waals surface area contributed by atoms with E-state index in [0.717, 1.165) is 29.5 Å². The Labute approximate surface area is 186 Å². The SMILES string of the molecule is COc1ccc2c(c1)[C@]1(C(=O)N2)[C@@H]2C(=O)N(c3ccc(C)c(C)c3)C(=O)[C@H]2[C@H]2CCCN21. The summed E-state index contributed by atoms with van der Waals surface area (Å²) >= 11 is 0. The van der Waals surface area contributed by atoms with Gasteiger partial charge in [-0.3, -0.25) is 19.3 Å². The van der Waals surface area contributed by atoms with Gasteiger partial charge in [-0.05, 0) is 74.7 Å². The highest BCUT2D eigenvalue weighted by Crippen LogP contribution is 2.61. The molecule has 1 N–H and O–H groups in total. The summed E-state index contributed by atoms with van der Waals surface area (Å²) in [5, 5.41) is 3.00. The van der Waals surface area contributed by atoms with Crippen molar-refractivity contribution in [2.75, 3.05) is 23.9 Å². The Bertz CT molecular complexity index is 1210. The zero-order valence-electron chi connectivity index (χ0n) is 18.3. The minimum Gasteiger partial charge on any atom is -0.497 e. The van der Waals surface area contributed by atoms with Crippen molar-refractivity contribution < 1.29 is 19.1 Å². The number of methoxy groups -OCH3 is 1. The van der Waals surface area contributed by atoms with Gasteiger partial charge in [0.2, 0.25) is 17.7 Å². The highest BCUT2D eigenvalue weighted by Gasteiger charge is 2.74. The van der Waals surface area contributed by atoms with Crippen molar-refractivity contribution in [3.8, 4) is 5.75 Å². The Morgan fingerprint density at radius 2 is 1.84 bits per heavy atom. The average molecular weight is 431 g/mol. The van der Waals surface area contributed by atoms with Gasteiger partial charge in [0, 0.05) is 17.3 Å². The molecule has 4 aliphatic rings. The number of hydrogen-bond donors (Lipinski definition) is 1. The largest absolute Gasteiger partial charge is 0.497 e. The van der Waals surface area contributed by atoms with Crippen molar-refractivity contribution in [2.24, 2.45) is 11.8 Å². The van der Waals surface area contributed by atoms with Crippen LogP contribution in [0.3, 0.4) is 0 Å². The molecule has 0 aromatic heterocycles. The fraction of sp³-hybridized carbons (Fsp3) is 0.400. The molecular weight excluding hydrogens is 406 g/mol. The summed E-state index contributed by atoms with van der Waals surface area (Å²) in [6.07, 6.45) is 1.70. The second kappa shape index (κ2) is 6.42. The van der Waals surface area contributed by atoms with Crippen LogP contribution in [-0.4, -0.2) is 42.3 Å². The summed E-state index contributed by atoms with van der Waals surface area (Å²) in [5.74, 6) is -1.36. The summed E-state index contributed by atoms with van der Waals surface area (Å²) < 4.78 is 5.44. The standard InChI is InChI=1S/C25H25N3O4/c1-13-6-7-15(11-14(13)2)28-22(29)20-19-5-4-10-27(19)25(21(20)23(28)30)17-12-16(32-3)8-9-18(17)26-24(25)31/h6-9,11-12,19-21H,4-5,10H2,1-3H3,(H,26,31)/t19-,20+,21+,25-/m1/s1. The minimum atomic E-state index is -1.18. The van der Waals surface area contributed by atoms with Crippen molar-refractivity contribution in [2.45, 2.75) is 38.3 Å². The second-order valence-corrected chi connectivity index (χ2v) is 9.32. The summed E-state index contributed by atoms with van der Waals surface area (Å²) in [6.45, 7) is 4.66. The van der Waals surface area contributed by atoms with E-state index in [9.17, 15) is 14.4 Å². The number of aryl methyl sites for hydroxylation is 2. The Morgan fingerprint density at radius 3 is 2.59 bits per heavy atom. The summed E-state index contributed by atoms with van der Waals surface area (Å²) in [7, 11) is 1.58. The molecule has 0 saturated carbocycles. The van der Waals surface area contributed by atoms with Crippen LogP contribution in [-0.2, 0) is 19.9 Å². The molecule has 4 heterocycles. The normalized spacial score (nSPS) is 30.7. The number of carbonyl (C=O) groups excluding carboxylic acids is 3. The fourth-order valence-electron chi connectivity index (χ4n) is 6.43. The topological polar surface area (TPSA) is 79.0 Å². The van der Waals surface area contributed by atoms with Crippen LogP contribution in [0.2, 0.25) is 0 Å². The monoisotopic (exact) mass is 431 g/mol. The third kappa shape index (κ3) is 2.17. The predicted molar refractivity (Wildman–Crippen MR) is 118 cm³/mol. The maximum atomic E-state index is 14.0. The van der Waals surface area contributed by atoms with Crippen LogP contribution in [0.5, 0.6) is 5.75 Å². The van der Waals surface area contributed by atoms with Gasteiger partial charge in [-0.25, -0.2) is 4.90 Å². The van der Waals surface area contributed by atoms with Crippen molar-refractivity contribution in [3.63, 3.8) is 0 Å². The third-order valence-corrected chi connectivity index (χ3v) is 7.95. The van der Waals surface area contributed by atoms with Crippen LogP contribution in [0.1, 0.15) is 29.5 Å². The van der Waals surface area contributed by atoms with Gasteiger partial charge in [-0.15, -0.1) is 0 Å². The zero-order chi connectivity index (χ0) is 22.4. The first-order valence-corrected chi connectivity index (χ1v) is 11.1. The van der Waals surface area contributed by atoms with Gasteiger partial charge in [0.25, 0.3) is 0 Å². The Balaban J connectivity index is 1.55. The van der Waals surface area contributed by atoms with Crippen LogP contribution < -0.4 is 15.0 Å². The van der Waals surface area contributed by atoms with Gasteiger partial charge in [-0.2, -0.15) is 0 Å². The zero-order valence-corrected chi connectivity index (χ0v) is 18.3. The number of hydrogen-bond acceptors (Lipinski definition) is 5. The number of imide groups is 1. The van der Waals surface area contributed by atoms with E-state index in [1.807, 2.05) is 44.2 Å². The molecule has 7 nitrogen and oxygen atoms in total. The van der Waals surface area contributed by atoms with E-state index in [0.29, 0.717) is 23.7 Å². The molecule has 3 fully saturated rings. The number of benzene rings is 2. The van der Waals surface area contributed by atoms with Gasteiger partial charge < -0.3 is 10.1 Å². The lowest BCUT2D eigenvalue weighted by atomic mass is 9.75. The van der Waals surface area contributed by atoms with E-state index >= 15 is 0 Å². The fourth-order valence-corrected chi connectivity index (χ4v) is 6.43. The van der Waals surface area contributed by atoms with E-state index in [1.54, 1.807) is 13.2 Å². The van der Waals surface area contributed by atoms with Crippen LogP contribution in [0.4, 0.5) is 11.4 Å². The van der Waals surface area contributed by atoms with E-state index in [4.69, 9.17) is 4.74 Å². The van der Waals surface area contributed by atoms with Crippen LogP contribution >= 0.6 is 0 Å². The molecule has 0 aliphatic carbocycles. The highest BCUT2D eigenvalue weighted by molar-refractivity contribution is 6.25. The van der Waals surface area contributed by atoms with Crippen molar-refractivity contribution in [1.29, 1.82) is 0 Å². The van der Waals surface area contributed by atoms with Gasteiger partial charge in [0.15, 0.2) is 0 Å². The molecule has 2 aromatic rings. The molecule has 3 amide bonds. The lowest BCUT2D eigenvalue weighted by Gasteiger charge is -2.36. The number of amides is 3. The molecule has 3 saturated heterocycles. The van der Waals surface area contributed by atoms with Crippen LogP contribution in [0, 0.1) is 25.7 Å². The van der Waals surface area contributed by atoms with Crippen molar-refractivity contribution in [1.82, 2.24) is 4.90 Å². The smallest absolute Gasteiger partial charge is 0.250 e. The Kier molecular flexibility index (Phi) is 3.91. The first kappa shape index (κ1) is 19.5. The van der Waals surface area contributed by atoms with Crippen LogP contribution in [0.15, 0.2) is 36.4 Å². The minimum absolute atomic E-state index is 0.129.